The summed E-state index contributed by atoms with van der Waals surface area (Å²) < 4.78 is 0. The van der Waals surface area contributed by atoms with Gasteiger partial charge in [-0.05, 0) is 18.1 Å². The third-order valence-electron chi connectivity index (χ3n) is 2.57. The second kappa shape index (κ2) is 7.38. The van der Waals surface area contributed by atoms with Crippen LogP contribution in [0, 0.1) is 0 Å². The van der Waals surface area contributed by atoms with Crippen LogP contribution in [0.5, 0.6) is 0 Å². The molecular formula is C13H18N2O4. The average molecular weight is 266 g/mol. The van der Waals surface area contributed by atoms with Crippen LogP contribution in [0.3, 0.4) is 0 Å². The maximum Gasteiger partial charge on any atom is 0.328 e. The molecule has 0 saturated carbocycles. The molecule has 0 saturated heterocycles. The van der Waals surface area contributed by atoms with E-state index in [1.807, 2.05) is 19.1 Å². The quantitative estimate of drug-likeness (QED) is 0.622. The Morgan fingerprint density at radius 2 is 2.00 bits per heavy atom. The van der Waals surface area contributed by atoms with Crippen molar-refractivity contribution in [2.45, 2.75) is 25.8 Å². The monoisotopic (exact) mass is 266 g/mol. The number of carbonyl (C=O) groups excluding carboxylic acids is 1. The highest BCUT2D eigenvalue weighted by Crippen LogP contribution is 2.16. The summed E-state index contributed by atoms with van der Waals surface area (Å²) in [6, 6.07) is 5.36. The van der Waals surface area contributed by atoms with E-state index in [9.17, 15) is 9.59 Å². The molecule has 0 radical (unpaired) electrons. The zero-order valence-electron chi connectivity index (χ0n) is 10.7. The molecule has 2 amide bonds. The number of carboxylic acids is 1. The number of benzene rings is 1. The number of aliphatic hydroxyl groups excluding tert-OH is 1. The molecule has 1 unspecified atom stereocenters. The fraction of sp³-hybridized carbons (Fsp3) is 0.385. The molecule has 0 spiro atoms. The van der Waals surface area contributed by atoms with Crippen molar-refractivity contribution in [3.05, 3.63) is 29.8 Å². The number of carbonyl (C=O) groups is 2. The lowest BCUT2D eigenvalue weighted by Crippen LogP contribution is -2.45. The number of hydrogen-bond acceptors (Lipinski definition) is 3. The Morgan fingerprint density at radius 3 is 2.58 bits per heavy atom. The Hall–Kier alpha value is -2.08. The van der Waals surface area contributed by atoms with Crippen molar-refractivity contribution in [1.82, 2.24) is 5.32 Å². The van der Waals surface area contributed by atoms with Gasteiger partial charge in [0.25, 0.3) is 0 Å². The fourth-order valence-corrected chi connectivity index (χ4v) is 1.63. The number of amides is 2. The lowest BCUT2D eigenvalue weighted by atomic mass is 10.1. The van der Waals surface area contributed by atoms with Gasteiger partial charge in [0.2, 0.25) is 0 Å². The first-order valence-electron chi connectivity index (χ1n) is 6.07. The van der Waals surface area contributed by atoms with E-state index in [1.54, 1.807) is 12.1 Å². The number of nitrogens with one attached hydrogen (secondary N) is 2. The molecule has 6 heteroatoms. The Morgan fingerprint density at radius 1 is 1.32 bits per heavy atom. The minimum atomic E-state index is -1.31. The molecule has 0 aliphatic carbocycles. The van der Waals surface area contributed by atoms with E-state index in [2.05, 4.69) is 10.6 Å². The van der Waals surface area contributed by atoms with Crippen LogP contribution in [-0.2, 0) is 11.2 Å². The highest BCUT2D eigenvalue weighted by atomic mass is 16.4. The lowest BCUT2D eigenvalue weighted by molar-refractivity contribution is -0.140. The third-order valence-corrected chi connectivity index (χ3v) is 2.57. The molecule has 0 aliphatic heterocycles. The van der Waals surface area contributed by atoms with Crippen LogP contribution in [0.4, 0.5) is 10.5 Å². The first-order chi connectivity index (χ1) is 9.08. The van der Waals surface area contributed by atoms with Crippen LogP contribution in [-0.4, -0.2) is 34.9 Å². The zero-order chi connectivity index (χ0) is 14.3. The minimum Gasteiger partial charge on any atom is -0.480 e. The molecule has 1 aromatic rings. The predicted molar refractivity (Wildman–Crippen MR) is 71.1 cm³/mol. The molecule has 1 atom stereocenters. The normalized spacial score (nSPS) is 11.7. The van der Waals surface area contributed by atoms with Gasteiger partial charge in [-0.1, -0.05) is 31.5 Å². The topological polar surface area (TPSA) is 98.7 Å². The zero-order valence-corrected chi connectivity index (χ0v) is 10.7. The summed E-state index contributed by atoms with van der Waals surface area (Å²) in [6.07, 6.45) is 1.76. The number of hydrogen-bond donors (Lipinski definition) is 4. The number of aliphatic carboxylic acids is 1. The summed E-state index contributed by atoms with van der Waals surface area (Å²) in [5.74, 6) is -1.28. The SMILES string of the molecule is CCCc1ccccc1NC(=O)NC(CO)C(=O)O. The number of aliphatic hydroxyl groups is 1. The summed E-state index contributed by atoms with van der Waals surface area (Å²) in [6.45, 7) is 1.38. The van der Waals surface area contributed by atoms with Crippen molar-refractivity contribution in [3.8, 4) is 0 Å². The van der Waals surface area contributed by atoms with Crippen LogP contribution in [0.2, 0.25) is 0 Å². The highest BCUT2D eigenvalue weighted by molar-refractivity contribution is 5.92. The van der Waals surface area contributed by atoms with Crippen LogP contribution in [0.25, 0.3) is 0 Å². The van der Waals surface area contributed by atoms with Crippen LogP contribution >= 0.6 is 0 Å². The van der Waals surface area contributed by atoms with Crippen molar-refractivity contribution >= 4 is 17.7 Å². The molecule has 104 valence electrons. The molecule has 4 N–H and O–H groups in total. The van der Waals surface area contributed by atoms with Crippen LogP contribution in [0.1, 0.15) is 18.9 Å². The van der Waals surface area contributed by atoms with Gasteiger partial charge in [-0.15, -0.1) is 0 Å². The molecule has 1 aromatic carbocycles. The Balaban J connectivity index is 2.69. The van der Waals surface area contributed by atoms with E-state index < -0.39 is 24.6 Å². The summed E-state index contributed by atoms with van der Waals surface area (Å²) in [7, 11) is 0. The summed E-state index contributed by atoms with van der Waals surface area (Å²) >= 11 is 0. The average Bonchev–Trinajstić information content (AvgIpc) is 2.38. The number of para-hydroxylation sites is 1. The van der Waals surface area contributed by atoms with E-state index in [4.69, 9.17) is 10.2 Å². The number of urea groups is 1. The van der Waals surface area contributed by atoms with Gasteiger partial charge in [0, 0.05) is 5.69 Å². The number of aryl methyl sites for hydroxylation is 1. The lowest BCUT2D eigenvalue weighted by Gasteiger charge is -2.14. The first kappa shape index (κ1) is 15.0. The number of rotatable bonds is 6. The molecule has 19 heavy (non-hydrogen) atoms. The van der Waals surface area contributed by atoms with Crippen LogP contribution < -0.4 is 10.6 Å². The van der Waals surface area contributed by atoms with E-state index in [1.165, 1.54) is 0 Å². The third kappa shape index (κ3) is 4.59. The van der Waals surface area contributed by atoms with Crippen molar-refractivity contribution in [2.24, 2.45) is 0 Å². The van der Waals surface area contributed by atoms with Gasteiger partial charge in [0.15, 0.2) is 6.04 Å². The second-order valence-corrected chi connectivity index (χ2v) is 4.08. The minimum absolute atomic E-state index is 0.643. The molecule has 0 aromatic heterocycles. The molecule has 0 bridgehead atoms. The second-order valence-electron chi connectivity index (χ2n) is 4.08. The van der Waals surface area contributed by atoms with Crippen molar-refractivity contribution in [3.63, 3.8) is 0 Å². The largest absolute Gasteiger partial charge is 0.480 e. The van der Waals surface area contributed by atoms with Gasteiger partial charge < -0.3 is 20.8 Å². The molecule has 0 fully saturated rings. The summed E-state index contributed by atoms with van der Waals surface area (Å²) in [5.41, 5.74) is 1.62. The molecule has 0 heterocycles. The predicted octanol–water partition coefficient (Wildman–Crippen LogP) is 1.21. The van der Waals surface area contributed by atoms with Crippen molar-refractivity contribution in [1.29, 1.82) is 0 Å². The molecule has 1 rings (SSSR count). The van der Waals surface area contributed by atoms with E-state index >= 15 is 0 Å². The number of anilines is 1. The molecule has 6 nitrogen and oxygen atoms in total. The molecular weight excluding hydrogens is 248 g/mol. The Labute approximate surface area is 111 Å². The van der Waals surface area contributed by atoms with Crippen LogP contribution in [0.15, 0.2) is 24.3 Å². The van der Waals surface area contributed by atoms with Crippen molar-refractivity contribution in [2.75, 3.05) is 11.9 Å². The van der Waals surface area contributed by atoms with Gasteiger partial charge >= 0.3 is 12.0 Å². The fourth-order valence-electron chi connectivity index (χ4n) is 1.63. The van der Waals surface area contributed by atoms with Crippen molar-refractivity contribution < 1.29 is 19.8 Å². The van der Waals surface area contributed by atoms with Gasteiger partial charge in [-0.2, -0.15) is 0 Å². The first-order valence-corrected chi connectivity index (χ1v) is 6.07. The smallest absolute Gasteiger partial charge is 0.328 e. The van der Waals surface area contributed by atoms with Gasteiger partial charge in [0.1, 0.15) is 0 Å². The maximum atomic E-state index is 11.6. The van der Waals surface area contributed by atoms with Gasteiger partial charge in [-0.25, -0.2) is 9.59 Å². The Bertz CT molecular complexity index is 448. The number of carboxylic acid groups (broad SMARTS) is 1. The van der Waals surface area contributed by atoms with Gasteiger partial charge in [0.05, 0.1) is 6.61 Å². The standard InChI is InChI=1S/C13H18N2O4/c1-2-5-9-6-3-4-7-10(9)14-13(19)15-11(8-16)12(17)18/h3-4,6-7,11,16H,2,5,8H2,1H3,(H,17,18)(H2,14,15,19). The Kier molecular flexibility index (Phi) is 5.81. The molecule has 0 aliphatic rings. The van der Waals surface area contributed by atoms with Gasteiger partial charge in [-0.3, -0.25) is 0 Å². The maximum absolute atomic E-state index is 11.6. The van der Waals surface area contributed by atoms with E-state index in [0.29, 0.717) is 5.69 Å². The summed E-state index contributed by atoms with van der Waals surface area (Å²) in [4.78, 5) is 22.3. The van der Waals surface area contributed by atoms with E-state index in [0.717, 1.165) is 18.4 Å². The van der Waals surface area contributed by atoms with E-state index in [-0.39, 0.29) is 0 Å². The highest BCUT2D eigenvalue weighted by Gasteiger charge is 2.18. The summed E-state index contributed by atoms with van der Waals surface area (Å²) in [5, 5.41) is 22.3.